The van der Waals surface area contributed by atoms with Gasteiger partial charge in [-0.05, 0) is 30.5 Å². The van der Waals surface area contributed by atoms with Crippen LogP contribution in [0.5, 0.6) is 0 Å². The maximum atomic E-state index is 12.1. The number of carbonyl (C=O) groups excluding carboxylic acids is 1. The van der Waals surface area contributed by atoms with E-state index in [1.165, 1.54) is 12.0 Å². The Hall–Kier alpha value is -1.43. The molecule has 2 aliphatic heterocycles. The van der Waals surface area contributed by atoms with Crippen molar-refractivity contribution in [3.8, 4) is 0 Å². The van der Waals surface area contributed by atoms with Gasteiger partial charge < -0.3 is 15.4 Å². The molecule has 0 aromatic heterocycles. The van der Waals surface area contributed by atoms with E-state index in [1.54, 1.807) is 0 Å². The second-order valence-electron chi connectivity index (χ2n) is 6.43. The number of morpholine rings is 1. The zero-order chi connectivity index (χ0) is 15.9. The van der Waals surface area contributed by atoms with Gasteiger partial charge >= 0.3 is 0 Å². The molecule has 1 aromatic carbocycles. The number of piperidine rings is 1. The van der Waals surface area contributed by atoms with Crippen molar-refractivity contribution >= 4 is 5.91 Å². The van der Waals surface area contributed by atoms with Gasteiger partial charge in [-0.1, -0.05) is 30.7 Å². The van der Waals surface area contributed by atoms with E-state index in [-0.39, 0.29) is 11.9 Å². The fourth-order valence-electron chi connectivity index (χ4n) is 3.17. The molecule has 5 nitrogen and oxygen atoms in total. The van der Waals surface area contributed by atoms with Gasteiger partial charge in [-0.3, -0.25) is 9.69 Å². The first kappa shape index (κ1) is 16.4. The Morgan fingerprint density at radius 1 is 1.17 bits per heavy atom. The van der Waals surface area contributed by atoms with Crippen LogP contribution in [-0.2, 0) is 22.6 Å². The summed E-state index contributed by atoms with van der Waals surface area (Å²) >= 11 is 0. The minimum absolute atomic E-state index is 0.00987. The van der Waals surface area contributed by atoms with Crippen molar-refractivity contribution in [1.29, 1.82) is 0 Å². The Labute approximate surface area is 138 Å². The Kier molecular flexibility index (Phi) is 6.02. The molecule has 2 heterocycles. The first-order chi connectivity index (χ1) is 11.3. The van der Waals surface area contributed by atoms with Gasteiger partial charge in [-0.25, -0.2) is 0 Å². The van der Waals surface area contributed by atoms with E-state index in [4.69, 9.17) is 4.74 Å². The SMILES string of the molecule is O=C(NCc1ccc(CN2CCOCC2)cc1)[C@@H]1CCCCN1. The highest BCUT2D eigenvalue weighted by molar-refractivity contribution is 5.81. The van der Waals surface area contributed by atoms with Gasteiger partial charge in [0, 0.05) is 26.2 Å². The first-order valence-electron chi connectivity index (χ1n) is 8.70. The van der Waals surface area contributed by atoms with Crippen molar-refractivity contribution in [3.05, 3.63) is 35.4 Å². The van der Waals surface area contributed by atoms with Gasteiger partial charge in [0.15, 0.2) is 0 Å². The lowest BCUT2D eigenvalue weighted by molar-refractivity contribution is -0.123. The molecule has 0 saturated carbocycles. The molecule has 2 saturated heterocycles. The molecule has 1 amide bonds. The molecule has 5 heteroatoms. The lowest BCUT2D eigenvalue weighted by atomic mass is 10.0. The fraction of sp³-hybridized carbons (Fsp3) is 0.611. The van der Waals surface area contributed by atoms with Gasteiger partial charge in [0.05, 0.1) is 19.3 Å². The summed E-state index contributed by atoms with van der Waals surface area (Å²) in [5.74, 6) is 0.127. The summed E-state index contributed by atoms with van der Waals surface area (Å²) in [6.07, 6.45) is 3.26. The lowest BCUT2D eigenvalue weighted by Crippen LogP contribution is -2.46. The van der Waals surface area contributed by atoms with Crippen LogP contribution in [-0.4, -0.2) is 49.7 Å². The average molecular weight is 317 g/mol. The minimum Gasteiger partial charge on any atom is -0.379 e. The summed E-state index contributed by atoms with van der Waals surface area (Å²) in [5, 5.41) is 6.32. The number of nitrogens with one attached hydrogen (secondary N) is 2. The monoisotopic (exact) mass is 317 g/mol. The van der Waals surface area contributed by atoms with Crippen molar-refractivity contribution < 1.29 is 9.53 Å². The molecule has 2 fully saturated rings. The summed E-state index contributed by atoms with van der Waals surface area (Å²) in [6, 6.07) is 8.55. The largest absolute Gasteiger partial charge is 0.379 e. The molecule has 1 atom stereocenters. The summed E-state index contributed by atoms with van der Waals surface area (Å²) in [6.45, 7) is 6.21. The second kappa shape index (κ2) is 8.43. The third-order valence-electron chi connectivity index (χ3n) is 4.63. The van der Waals surface area contributed by atoms with Gasteiger partial charge in [0.2, 0.25) is 5.91 Å². The van der Waals surface area contributed by atoms with Crippen LogP contribution in [0.1, 0.15) is 30.4 Å². The number of amides is 1. The predicted octanol–water partition coefficient (Wildman–Crippen LogP) is 1.28. The molecule has 0 unspecified atom stereocenters. The summed E-state index contributed by atoms with van der Waals surface area (Å²) < 4.78 is 5.37. The topological polar surface area (TPSA) is 53.6 Å². The number of ether oxygens (including phenoxy) is 1. The van der Waals surface area contributed by atoms with Crippen molar-refractivity contribution in [3.63, 3.8) is 0 Å². The molecular weight excluding hydrogens is 290 g/mol. The van der Waals surface area contributed by atoms with Crippen LogP contribution in [0.3, 0.4) is 0 Å². The Morgan fingerprint density at radius 2 is 1.91 bits per heavy atom. The van der Waals surface area contributed by atoms with E-state index in [9.17, 15) is 4.79 Å². The van der Waals surface area contributed by atoms with Gasteiger partial charge in [0.1, 0.15) is 0 Å². The number of rotatable bonds is 5. The molecule has 126 valence electrons. The highest BCUT2D eigenvalue weighted by Crippen LogP contribution is 2.10. The second-order valence-corrected chi connectivity index (χ2v) is 6.43. The number of hydrogen-bond acceptors (Lipinski definition) is 4. The zero-order valence-electron chi connectivity index (χ0n) is 13.7. The standard InChI is InChI=1S/C18H27N3O2/c22-18(17-3-1-2-8-19-17)20-13-15-4-6-16(7-5-15)14-21-9-11-23-12-10-21/h4-7,17,19H,1-3,8-14H2,(H,20,22)/t17-/m0/s1. The van der Waals surface area contributed by atoms with Gasteiger partial charge in [0.25, 0.3) is 0 Å². The van der Waals surface area contributed by atoms with Crippen LogP contribution in [0, 0.1) is 0 Å². The van der Waals surface area contributed by atoms with Gasteiger partial charge in [-0.2, -0.15) is 0 Å². The van der Waals surface area contributed by atoms with Crippen LogP contribution in [0.2, 0.25) is 0 Å². The molecule has 23 heavy (non-hydrogen) atoms. The van der Waals surface area contributed by atoms with E-state index in [1.807, 2.05) is 0 Å². The third kappa shape index (κ3) is 5.03. The molecule has 2 aliphatic rings. The van der Waals surface area contributed by atoms with E-state index in [0.29, 0.717) is 6.54 Å². The number of hydrogen-bond donors (Lipinski definition) is 2. The number of carbonyl (C=O) groups is 1. The smallest absolute Gasteiger partial charge is 0.237 e. The summed E-state index contributed by atoms with van der Waals surface area (Å²) in [7, 11) is 0. The molecule has 0 aliphatic carbocycles. The molecule has 2 N–H and O–H groups in total. The molecular formula is C18H27N3O2. The van der Waals surface area contributed by atoms with Crippen LogP contribution in [0.25, 0.3) is 0 Å². The maximum absolute atomic E-state index is 12.1. The first-order valence-corrected chi connectivity index (χ1v) is 8.70. The third-order valence-corrected chi connectivity index (χ3v) is 4.63. The summed E-state index contributed by atoms with van der Waals surface area (Å²) in [4.78, 5) is 14.5. The predicted molar refractivity (Wildman–Crippen MR) is 90.0 cm³/mol. The van der Waals surface area contributed by atoms with Crippen molar-refractivity contribution in [2.75, 3.05) is 32.8 Å². The lowest BCUT2D eigenvalue weighted by Gasteiger charge is -2.26. The molecule has 0 spiro atoms. The van der Waals surface area contributed by atoms with Crippen LogP contribution in [0.4, 0.5) is 0 Å². The normalized spacial score (nSPS) is 22.7. The number of nitrogens with zero attached hydrogens (tertiary/aromatic N) is 1. The van der Waals surface area contributed by atoms with Crippen molar-refractivity contribution in [2.24, 2.45) is 0 Å². The fourth-order valence-corrected chi connectivity index (χ4v) is 3.17. The number of benzene rings is 1. The zero-order valence-corrected chi connectivity index (χ0v) is 13.7. The average Bonchev–Trinajstić information content (AvgIpc) is 2.62. The quantitative estimate of drug-likeness (QED) is 0.859. The van der Waals surface area contributed by atoms with E-state index in [2.05, 4.69) is 39.8 Å². The highest BCUT2D eigenvalue weighted by Gasteiger charge is 2.19. The Morgan fingerprint density at radius 3 is 2.61 bits per heavy atom. The minimum atomic E-state index is -0.00987. The summed E-state index contributed by atoms with van der Waals surface area (Å²) in [5.41, 5.74) is 2.47. The van der Waals surface area contributed by atoms with E-state index >= 15 is 0 Å². The van der Waals surface area contributed by atoms with Crippen LogP contribution in [0.15, 0.2) is 24.3 Å². The highest BCUT2D eigenvalue weighted by atomic mass is 16.5. The molecule has 0 radical (unpaired) electrons. The van der Waals surface area contributed by atoms with Gasteiger partial charge in [-0.15, -0.1) is 0 Å². The molecule has 3 rings (SSSR count). The molecule has 1 aromatic rings. The Balaban J connectivity index is 1.44. The van der Waals surface area contributed by atoms with Crippen LogP contribution < -0.4 is 10.6 Å². The molecule has 0 bridgehead atoms. The van der Waals surface area contributed by atoms with E-state index in [0.717, 1.165) is 57.8 Å². The maximum Gasteiger partial charge on any atom is 0.237 e. The Bertz CT molecular complexity index is 491. The van der Waals surface area contributed by atoms with E-state index < -0.39 is 0 Å². The van der Waals surface area contributed by atoms with Crippen molar-refractivity contribution in [1.82, 2.24) is 15.5 Å². The van der Waals surface area contributed by atoms with Crippen molar-refractivity contribution in [2.45, 2.75) is 38.4 Å². The van der Waals surface area contributed by atoms with Crippen LogP contribution >= 0.6 is 0 Å².